The van der Waals surface area contributed by atoms with Crippen LogP contribution in [0.4, 0.5) is 17.1 Å². The van der Waals surface area contributed by atoms with Gasteiger partial charge in [0.15, 0.2) is 0 Å². The topological polar surface area (TPSA) is 67.2 Å². The molecule has 0 radical (unpaired) electrons. The molecule has 0 aliphatic carbocycles. The third-order valence-corrected chi connectivity index (χ3v) is 3.61. The minimum Gasteiger partial charge on any atom is -0.382 e. The van der Waals surface area contributed by atoms with Gasteiger partial charge in [-0.25, -0.2) is 0 Å². The van der Waals surface area contributed by atoms with Crippen LogP contribution in [-0.4, -0.2) is 18.5 Å². The van der Waals surface area contributed by atoms with Crippen molar-refractivity contribution in [3.8, 4) is 0 Å². The number of anilines is 2. The average molecular weight is 279 g/mol. The molecule has 0 aliphatic rings. The van der Waals surface area contributed by atoms with Crippen LogP contribution in [0.1, 0.15) is 39.5 Å². The average Bonchev–Trinajstić information content (AvgIpc) is 2.46. The van der Waals surface area contributed by atoms with Crippen LogP contribution < -0.4 is 10.6 Å². The van der Waals surface area contributed by atoms with Gasteiger partial charge in [-0.1, -0.05) is 39.2 Å². The van der Waals surface area contributed by atoms with E-state index in [1.165, 1.54) is 19.3 Å². The fourth-order valence-corrected chi connectivity index (χ4v) is 2.28. The van der Waals surface area contributed by atoms with Crippen molar-refractivity contribution in [2.75, 3.05) is 24.2 Å². The normalized spacial score (nSPS) is 11.9. The van der Waals surface area contributed by atoms with Crippen LogP contribution in [0.5, 0.6) is 0 Å². The van der Waals surface area contributed by atoms with Crippen LogP contribution in [0.3, 0.4) is 0 Å². The summed E-state index contributed by atoms with van der Waals surface area (Å²) in [6, 6.07) is 5.32. The lowest BCUT2D eigenvalue weighted by atomic mass is 9.99. The van der Waals surface area contributed by atoms with E-state index in [-0.39, 0.29) is 10.6 Å². The van der Waals surface area contributed by atoms with E-state index in [0.717, 1.165) is 13.0 Å². The summed E-state index contributed by atoms with van der Waals surface area (Å²) >= 11 is 0. The van der Waals surface area contributed by atoms with Gasteiger partial charge in [0, 0.05) is 13.6 Å². The van der Waals surface area contributed by atoms with Gasteiger partial charge in [-0.05, 0) is 24.5 Å². The Morgan fingerprint density at radius 1 is 1.30 bits per heavy atom. The fraction of sp³-hybridized carbons (Fsp3) is 0.600. The van der Waals surface area contributed by atoms with E-state index in [4.69, 9.17) is 0 Å². The maximum Gasteiger partial charge on any atom is 0.315 e. The molecule has 0 saturated heterocycles. The van der Waals surface area contributed by atoms with Gasteiger partial charge in [0.25, 0.3) is 0 Å². The van der Waals surface area contributed by atoms with Crippen LogP contribution >= 0.6 is 0 Å². The van der Waals surface area contributed by atoms with Crippen molar-refractivity contribution < 1.29 is 4.92 Å². The summed E-state index contributed by atoms with van der Waals surface area (Å²) in [5, 5.41) is 17.3. The van der Waals surface area contributed by atoms with Crippen molar-refractivity contribution in [1.29, 1.82) is 0 Å². The van der Waals surface area contributed by atoms with E-state index >= 15 is 0 Å². The van der Waals surface area contributed by atoms with Crippen molar-refractivity contribution in [3.05, 3.63) is 28.3 Å². The summed E-state index contributed by atoms with van der Waals surface area (Å²) in [4.78, 5) is 10.9. The smallest absolute Gasteiger partial charge is 0.315 e. The first-order valence-corrected chi connectivity index (χ1v) is 7.33. The summed E-state index contributed by atoms with van der Waals surface area (Å²) in [7, 11) is 1.70. The molecule has 1 atom stereocenters. The molecule has 0 aliphatic heterocycles. The highest BCUT2D eigenvalue weighted by Gasteiger charge is 2.19. The molecule has 0 bridgehead atoms. The van der Waals surface area contributed by atoms with Crippen LogP contribution in [0, 0.1) is 16.0 Å². The van der Waals surface area contributed by atoms with E-state index in [2.05, 4.69) is 24.5 Å². The Labute approximate surface area is 120 Å². The molecule has 0 saturated carbocycles. The molecular weight excluding hydrogens is 254 g/mol. The van der Waals surface area contributed by atoms with Gasteiger partial charge in [-0.3, -0.25) is 10.1 Å². The maximum absolute atomic E-state index is 11.2. The number of nitro benzene ring substituents is 1. The van der Waals surface area contributed by atoms with Gasteiger partial charge >= 0.3 is 5.69 Å². The second-order valence-corrected chi connectivity index (χ2v) is 5.01. The number of unbranched alkanes of at least 4 members (excludes halogenated alkanes) is 1. The number of hydrogen-bond donors (Lipinski definition) is 2. The molecule has 1 aromatic carbocycles. The Morgan fingerprint density at radius 2 is 2.00 bits per heavy atom. The Kier molecular flexibility index (Phi) is 6.84. The first-order chi connectivity index (χ1) is 9.63. The summed E-state index contributed by atoms with van der Waals surface area (Å²) < 4.78 is 0. The lowest BCUT2D eigenvalue weighted by Gasteiger charge is -2.16. The molecule has 1 aromatic rings. The second kappa shape index (κ2) is 8.40. The molecule has 0 spiro atoms. The van der Waals surface area contributed by atoms with Gasteiger partial charge < -0.3 is 10.6 Å². The zero-order valence-electron chi connectivity index (χ0n) is 12.6. The molecule has 1 unspecified atom stereocenters. The van der Waals surface area contributed by atoms with Gasteiger partial charge in [0.05, 0.1) is 4.92 Å². The molecule has 1 rings (SSSR count). The number of benzene rings is 1. The zero-order chi connectivity index (χ0) is 15.0. The summed E-state index contributed by atoms with van der Waals surface area (Å²) in [5.41, 5.74) is 1.26. The third-order valence-electron chi connectivity index (χ3n) is 3.61. The first kappa shape index (κ1) is 16.3. The monoisotopic (exact) mass is 279 g/mol. The highest BCUT2D eigenvalue weighted by molar-refractivity contribution is 5.75. The van der Waals surface area contributed by atoms with Crippen LogP contribution in [0.2, 0.25) is 0 Å². The molecule has 2 N–H and O–H groups in total. The minimum absolute atomic E-state index is 0.125. The molecule has 20 heavy (non-hydrogen) atoms. The van der Waals surface area contributed by atoms with Gasteiger partial charge in [0.2, 0.25) is 0 Å². The van der Waals surface area contributed by atoms with Crippen molar-refractivity contribution >= 4 is 17.1 Å². The molecule has 0 fully saturated rings. The fourth-order valence-electron chi connectivity index (χ4n) is 2.28. The summed E-state index contributed by atoms with van der Waals surface area (Å²) in [6.45, 7) is 5.13. The highest BCUT2D eigenvalue weighted by atomic mass is 16.6. The van der Waals surface area contributed by atoms with E-state index in [0.29, 0.717) is 17.3 Å². The Bertz CT molecular complexity index is 435. The van der Waals surface area contributed by atoms with Crippen LogP contribution in [-0.2, 0) is 0 Å². The minimum atomic E-state index is -0.332. The number of rotatable bonds is 9. The molecular formula is C15H25N3O2. The number of nitrogens with zero attached hydrogens (tertiary/aromatic N) is 1. The van der Waals surface area contributed by atoms with Crippen molar-refractivity contribution in [2.45, 2.75) is 39.5 Å². The quantitative estimate of drug-likeness (QED) is 0.523. The second-order valence-electron chi connectivity index (χ2n) is 5.01. The lowest BCUT2D eigenvalue weighted by molar-refractivity contribution is -0.383. The van der Waals surface area contributed by atoms with Gasteiger partial charge in [-0.2, -0.15) is 0 Å². The van der Waals surface area contributed by atoms with Gasteiger partial charge in [-0.15, -0.1) is 0 Å². The largest absolute Gasteiger partial charge is 0.382 e. The van der Waals surface area contributed by atoms with E-state index in [1.54, 1.807) is 19.2 Å². The lowest BCUT2D eigenvalue weighted by Crippen LogP contribution is -2.14. The Balaban J connectivity index is 2.78. The number of para-hydroxylation sites is 1. The first-order valence-electron chi connectivity index (χ1n) is 7.33. The highest BCUT2D eigenvalue weighted by Crippen LogP contribution is 2.32. The summed E-state index contributed by atoms with van der Waals surface area (Å²) in [6.07, 6.45) is 4.65. The maximum atomic E-state index is 11.2. The summed E-state index contributed by atoms with van der Waals surface area (Å²) in [5.74, 6) is 0.563. The van der Waals surface area contributed by atoms with E-state index in [1.807, 2.05) is 6.07 Å². The van der Waals surface area contributed by atoms with Crippen molar-refractivity contribution in [3.63, 3.8) is 0 Å². The molecule has 0 amide bonds. The molecule has 5 heteroatoms. The van der Waals surface area contributed by atoms with Gasteiger partial charge in [0.1, 0.15) is 11.4 Å². The number of hydrogen-bond acceptors (Lipinski definition) is 4. The molecule has 112 valence electrons. The molecule has 0 aromatic heterocycles. The molecule has 0 heterocycles. The SMILES string of the molecule is CCCCC(CC)CNc1cccc(NC)c1[N+](=O)[O-]. The van der Waals surface area contributed by atoms with E-state index < -0.39 is 0 Å². The van der Waals surface area contributed by atoms with Crippen LogP contribution in [0.25, 0.3) is 0 Å². The zero-order valence-corrected chi connectivity index (χ0v) is 12.6. The Morgan fingerprint density at radius 3 is 2.55 bits per heavy atom. The molecule has 5 nitrogen and oxygen atoms in total. The third kappa shape index (κ3) is 4.40. The van der Waals surface area contributed by atoms with Crippen molar-refractivity contribution in [1.82, 2.24) is 0 Å². The van der Waals surface area contributed by atoms with Crippen LogP contribution in [0.15, 0.2) is 18.2 Å². The van der Waals surface area contributed by atoms with Crippen molar-refractivity contribution in [2.24, 2.45) is 5.92 Å². The predicted octanol–water partition coefficient (Wildman–Crippen LogP) is 4.26. The van der Waals surface area contributed by atoms with E-state index in [9.17, 15) is 10.1 Å². The predicted molar refractivity (Wildman–Crippen MR) is 84.4 cm³/mol. The number of nitrogens with one attached hydrogen (secondary N) is 2. The Hall–Kier alpha value is -1.78. The standard InChI is InChI=1S/C15H25N3O2/c1-4-6-8-12(5-2)11-17-14-10-7-9-13(16-3)15(14)18(19)20/h7,9-10,12,16-17H,4-6,8,11H2,1-3H3. The number of nitro groups is 1.